The molecule has 0 bridgehead atoms. The summed E-state index contributed by atoms with van der Waals surface area (Å²) in [6.45, 7) is 0. The lowest BCUT2D eigenvalue weighted by Gasteiger charge is -2.07. The van der Waals surface area contributed by atoms with Gasteiger partial charge < -0.3 is 9.84 Å². The highest BCUT2D eigenvalue weighted by Crippen LogP contribution is 2.28. The number of carbonyl (C=O) groups is 2. The number of hydrogen-bond donors (Lipinski definition) is 1. The lowest BCUT2D eigenvalue weighted by atomic mass is 10.1. The van der Waals surface area contributed by atoms with E-state index in [1.54, 1.807) is 0 Å². The molecule has 0 saturated heterocycles. The second-order valence-electron chi connectivity index (χ2n) is 2.58. The van der Waals surface area contributed by atoms with Gasteiger partial charge in [-0.1, -0.05) is 11.6 Å². The molecule has 0 amide bonds. The largest absolute Gasteiger partial charge is 0.493 e. The van der Waals surface area contributed by atoms with Crippen molar-refractivity contribution < 1.29 is 23.8 Å². The first-order valence-electron chi connectivity index (χ1n) is 3.78. The Hall–Kier alpha value is -1.62. The van der Waals surface area contributed by atoms with E-state index in [0.717, 1.165) is 19.2 Å². The van der Waals surface area contributed by atoms with E-state index in [-0.39, 0.29) is 10.6 Å². The van der Waals surface area contributed by atoms with E-state index >= 15 is 0 Å². The number of benzene rings is 1. The van der Waals surface area contributed by atoms with Crippen LogP contribution in [0, 0.1) is 5.82 Å². The van der Waals surface area contributed by atoms with Crippen molar-refractivity contribution in [3.8, 4) is 5.75 Å². The maximum absolute atomic E-state index is 13.3. The number of rotatable bonds is 3. The molecule has 0 aliphatic heterocycles. The van der Waals surface area contributed by atoms with E-state index < -0.39 is 23.3 Å². The molecule has 1 N–H and O–H groups in total. The maximum Gasteiger partial charge on any atom is 0.377 e. The molecule has 1 aromatic rings. The van der Waals surface area contributed by atoms with E-state index in [0.29, 0.717) is 0 Å². The molecule has 0 aliphatic rings. The molecule has 0 fully saturated rings. The van der Waals surface area contributed by atoms with Gasteiger partial charge in [0.1, 0.15) is 0 Å². The van der Waals surface area contributed by atoms with Gasteiger partial charge in [-0.25, -0.2) is 9.18 Å². The number of carboxylic acid groups (broad SMARTS) is 1. The summed E-state index contributed by atoms with van der Waals surface area (Å²) >= 11 is 5.44. The summed E-state index contributed by atoms with van der Waals surface area (Å²) in [6.07, 6.45) is 0. The van der Waals surface area contributed by atoms with E-state index in [4.69, 9.17) is 16.7 Å². The normalized spacial score (nSPS) is 9.80. The van der Waals surface area contributed by atoms with E-state index in [1.165, 1.54) is 0 Å². The van der Waals surface area contributed by atoms with Crippen molar-refractivity contribution in [2.75, 3.05) is 7.11 Å². The zero-order valence-corrected chi connectivity index (χ0v) is 8.34. The summed E-state index contributed by atoms with van der Waals surface area (Å²) < 4.78 is 17.9. The number of carbonyl (C=O) groups excluding carboxylic acids is 1. The molecule has 1 aromatic carbocycles. The average molecular weight is 233 g/mol. The zero-order valence-electron chi connectivity index (χ0n) is 7.58. The van der Waals surface area contributed by atoms with E-state index in [1.807, 2.05) is 0 Å². The highest BCUT2D eigenvalue weighted by atomic mass is 35.5. The third-order valence-corrected chi connectivity index (χ3v) is 1.98. The molecule has 0 atom stereocenters. The Morgan fingerprint density at radius 1 is 1.47 bits per heavy atom. The molecule has 0 unspecified atom stereocenters. The molecule has 15 heavy (non-hydrogen) atoms. The van der Waals surface area contributed by atoms with Gasteiger partial charge >= 0.3 is 5.97 Å². The molecule has 0 aliphatic carbocycles. The van der Waals surface area contributed by atoms with Crippen LogP contribution in [0.3, 0.4) is 0 Å². The molecule has 80 valence electrons. The van der Waals surface area contributed by atoms with Gasteiger partial charge in [-0.2, -0.15) is 0 Å². The van der Waals surface area contributed by atoms with Crippen LogP contribution >= 0.6 is 11.6 Å². The summed E-state index contributed by atoms with van der Waals surface area (Å²) in [5.41, 5.74) is -0.369. The smallest absolute Gasteiger partial charge is 0.377 e. The van der Waals surface area contributed by atoms with Crippen LogP contribution in [0.15, 0.2) is 12.1 Å². The number of Topliss-reactive ketones (excluding diaryl/α,β-unsaturated/α-hetero) is 1. The first-order chi connectivity index (χ1) is 6.99. The number of halogens is 2. The first-order valence-corrected chi connectivity index (χ1v) is 4.16. The number of hydrogen-bond acceptors (Lipinski definition) is 3. The fourth-order valence-corrected chi connectivity index (χ4v) is 1.17. The Bertz CT molecular complexity index is 430. The monoisotopic (exact) mass is 232 g/mol. The minimum Gasteiger partial charge on any atom is -0.493 e. The minimum absolute atomic E-state index is 0.242. The summed E-state index contributed by atoms with van der Waals surface area (Å²) in [5, 5.41) is 8.21. The number of carboxylic acids is 1. The van der Waals surface area contributed by atoms with Crippen LogP contribution in [0.2, 0.25) is 5.02 Å². The van der Waals surface area contributed by atoms with Crippen LogP contribution in [0.1, 0.15) is 10.4 Å². The van der Waals surface area contributed by atoms with Gasteiger partial charge in [0.05, 0.1) is 17.7 Å². The topological polar surface area (TPSA) is 63.6 Å². The predicted octanol–water partition coefficient (Wildman–Crippen LogP) is 1.76. The average Bonchev–Trinajstić information content (AvgIpc) is 2.20. The Morgan fingerprint density at radius 2 is 2.07 bits per heavy atom. The fourth-order valence-electron chi connectivity index (χ4n) is 1.03. The van der Waals surface area contributed by atoms with Crippen LogP contribution in [0.5, 0.6) is 5.75 Å². The van der Waals surface area contributed by atoms with Crippen LogP contribution in [0.4, 0.5) is 4.39 Å². The Balaban J connectivity index is 3.37. The van der Waals surface area contributed by atoms with Gasteiger partial charge in [0, 0.05) is 0 Å². The Morgan fingerprint density at radius 3 is 2.53 bits per heavy atom. The van der Waals surface area contributed by atoms with Crippen molar-refractivity contribution in [2.45, 2.75) is 0 Å². The number of aliphatic carboxylic acids is 1. The van der Waals surface area contributed by atoms with Gasteiger partial charge in [-0.3, -0.25) is 4.79 Å². The molecular weight excluding hydrogens is 227 g/mol. The molecule has 0 radical (unpaired) electrons. The van der Waals surface area contributed by atoms with Crippen LogP contribution in [-0.4, -0.2) is 24.0 Å². The van der Waals surface area contributed by atoms with Crippen LogP contribution in [0.25, 0.3) is 0 Å². The molecule has 0 saturated carbocycles. The van der Waals surface area contributed by atoms with Gasteiger partial charge in [-0.05, 0) is 12.1 Å². The van der Waals surface area contributed by atoms with Crippen LogP contribution in [-0.2, 0) is 4.79 Å². The van der Waals surface area contributed by atoms with Gasteiger partial charge in [0.15, 0.2) is 11.6 Å². The van der Waals surface area contributed by atoms with Crippen LogP contribution < -0.4 is 4.74 Å². The molecule has 1 rings (SSSR count). The lowest BCUT2D eigenvalue weighted by molar-refractivity contribution is -0.131. The summed E-state index contributed by atoms with van der Waals surface area (Å²) in [5.74, 6) is -4.35. The molecule has 0 aromatic heterocycles. The lowest BCUT2D eigenvalue weighted by Crippen LogP contribution is -2.14. The SMILES string of the molecule is COc1c(C(=O)C(=O)O)ccc(Cl)c1F. The molecule has 6 heteroatoms. The van der Waals surface area contributed by atoms with E-state index in [9.17, 15) is 14.0 Å². The highest BCUT2D eigenvalue weighted by molar-refractivity contribution is 6.41. The van der Waals surface area contributed by atoms with Crippen molar-refractivity contribution in [2.24, 2.45) is 0 Å². The van der Waals surface area contributed by atoms with E-state index in [2.05, 4.69) is 4.74 Å². The zero-order chi connectivity index (χ0) is 11.6. The summed E-state index contributed by atoms with van der Waals surface area (Å²) in [4.78, 5) is 21.5. The number of methoxy groups -OCH3 is 1. The number of ether oxygens (including phenoxy) is 1. The number of ketones is 1. The van der Waals surface area contributed by atoms with Gasteiger partial charge in [-0.15, -0.1) is 0 Å². The van der Waals surface area contributed by atoms with Crippen molar-refractivity contribution in [1.29, 1.82) is 0 Å². The molecule has 4 nitrogen and oxygen atoms in total. The summed E-state index contributed by atoms with van der Waals surface area (Å²) in [6, 6.07) is 2.19. The Kier molecular flexibility index (Phi) is 3.26. The standard InChI is InChI=1S/C9H6ClFO4/c1-15-8-4(7(12)9(13)14)2-3-5(10)6(8)11/h2-3H,1H3,(H,13,14). The third-order valence-electron chi connectivity index (χ3n) is 1.69. The molecule has 0 heterocycles. The predicted molar refractivity (Wildman–Crippen MR) is 49.9 cm³/mol. The van der Waals surface area contributed by atoms with Crippen molar-refractivity contribution in [3.63, 3.8) is 0 Å². The van der Waals surface area contributed by atoms with Crippen molar-refractivity contribution in [3.05, 3.63) is 28.5 Å². The quantitative estimate of drug-likeness (QED) is 0.637. The molecule has 0 spiro atoms. The molecular formula is C9H6ClFO4. The van der Waals surface area contributed by atoms with Gasteiger partial charge in [0.25, 0.3) is 5.78 Å². The van der Waals surface area contributed by atoms with Crippen molar-refractivity contribution >= 4 is 23.4 Å². The minimum atomic E-state index is -1.69. The second-order valence-corrected chi connectivity index (χ2v) is 2.98. The fraction of sp³-hybridized carbons (Fsp3) is 0.111. The second kappa shape index (κ2) is 4.27. The highest BCUT2D eigenvalue weighted by Gasteiger charge is 2.23. The first kappa shape index (κ1) is 11.5. The van der Waals surface area contributed by atoms with Gasteiger partial charge in [0.2, 0.25) is 0 Å². The summed E-state index contributed by atoms with van der Waals surface area (Å²) in [7, 11) is 1.12. The maximum atomic E-state index is 13.3. The van der Waals surface area contributed by atoms with Crippen molar-refractivity contribution in [1.82, 2.24) is 0 Å². The third kappa shape index (κ3) is 2.07. The Labute approximate surface area is 89.2 Å².